The maximum atomic E-state index is 6.33. The zero-order chi connectivity index (χ0) is 18.8. The number of aromatic nitrogens is 2. The van der Waals surface area contributed by atoms with Gasteiger partial charge < -0.3 is 14.0 Å². The minimum Gasteiger partial charge on any atom is -0.490 e. The highest BCUT2D eigenvalue weighted by atomic mass is 35.5. The number of nitrogens with zero attached hydrogens (tertiary/aromatic N) is 2. The summed E-state index contributed by atoms with van der Waals surface area (Å²) >= 11 is 18.0. The molecule has 0 spiro atoms. The summed E-state index contributed by atoms with van der Waals surface area (Å²) in [5, 5.41) is 0.863. The van der Waals surface area contributed by atoms with Gasteiger partial charge in [-0.05, 0) is 38.0 Å². The fraction of sp³-hybridized carbons (Fsp3) is 0.421. The number of hydrogen-bond acceptors (Lipinski definition) is 3. The molecular formula is C19H23Cl3N2O2. The topological polar surface area (TPSA) is 36.3 Å². The van der Waals surface area contributed by atoms with Crippen LogP contribution in [0.2, 0.25) is 10.0 Å². The Labute approximate surface area is 169 Å². The molecule has 0 radical (unpaired) electrons. The molecule has 2 aromatic rings. The van der Waals surface area contributed by atoms with Crippen LogP contribution >= 0.6 is 34.8 Å². The van der Waals surface area contributed by atoms with E-state index in [1.165, 1.54) is 5.54 Å². The summed E-state index contributed by atoms with van der Waals surface area (Å²) in [6.45, 7) is 3.92. The van der Waals surface area contributed by atoms with Gasteiger partial charge in [-0.25, -0.2) is 4.98 Å². The van der Waals surface area contributed by atoms with Crippen LogP contribution in [0.1, 0.15) is 31.5 Å². The first-order chi connectivity index (χ1) is 12.6. The number of unbranched alkanes of at least 4 members (excludes halogenated alkanes) is 3. The normalized spacial score (nSPS) is 11.2. The number of ether oxygens (including phenoxy) is 2. The van der Waals surface area contributed by atoms with Crippen molar-refractivity contribution in [3.05, 3.63) is 52.0 Å². The molecule has 0 atom stereocenters. The molecule has 7 heteroatoms. The fourth-order valence-corrected chi connectivity index (χ4v) is 3.09. The molecule has 1 aromatic heterocycles. The Kier molecular flexibility index (Phi) is 9.16. The van der Waals surface area contributed by atoms with Gasteiger partial charge in [-0.1, -0.05) is 47.6 Å². The molecule has 4 nitrogen and oxygen atoms in total. The van der Waals surface area contributed by atoms with E-state index in [1.807, 2.05) is 19.3 Å². The molecule has 26 heavy (non-hydrogen) atoms. The first kappa shape index (κ1) is 20.9. The lowest BCUT2D eigenvalue weighted by Crippen LogP contribution is -2.02. The van der Waals surface area contributed by atoms with Crippen molar-refractivity contribution in [2.45, 2.75) is 39.2 Å². The lowest BCUT2D eigenvalue weighted by molar-refractivity contribution is 0.300. The van der Waals surface area contributed by atoms with E-state index >= 15 is 0 Å². The summed E-state index contributed by atoms with van der Waals surface area (Å²) in [5.41, 5.74) is 1.40. The first-order valence-electron chi connectivity index (χ1n) is 8.60. The highest BCUT2D eigenvalue weighted by Crippen LogP contribution is 2.39. The molecule has 2 rings (SSSR count). The Morgan fingerprint density at radius 1 is 1.12 bits per heavy atom. The summed E-state index contributed by atoms with van der Waals surface area (Å²) in [6, 6.07) is 3.44. The lowest BCUT2D eigenvalue weighted by atomic mass is 10.2. The second kappa shape index (κ2) is 11.4. The van der Waals surface area contributed by atoms with Gasteiger partial charge in [-0.2, -0.15) is 0 Å². The van der Waals surface area contributed by atoms with E-state index in [0.29, 0.717) is 34.8 Å². The molecule has 0 unspecified atom stereocenters. The van der Waals surface area contributed by atoms with Gasteiger partial charge in [0.15, 0.2) is 5.75 Å². The van der Waals surface area contributed by atoms with Gasteiger partial charge in [0.1, 0.15) is 23.2 Å². The van der Waals surface area contributed by atoms with Crippen LogP contribution in [-0.2, 0) is 6.54 Å². The summed E-state index contributed by atoms with van der Waals surface area (Å²) in [7, 11) is 0. The quantitative estimate of drug-likeness (QED) is 0.404. The number of halogens is 3. The van der Waals surface area contributed by atoms with Crippen LogP contribution in [-0.4, -0.2) is 22.8 Å². The fourth-order valence-electron chi connectivity index (χ4n) is 2.48. The molecule has 1 aromatic carbocycles. The summed E-state index contributed by atoms with van der Waals surface area (Å²) in [6.07, 6.45) is 9.81. The van der Waals surface area contributed by atoms with E-state index in [2.05, 4.69) is 9.55 Å². The molecule has 0 saturated carbocycles. The largest absolute Gasteiger partial charge is 0.490 e. The van der Waals surface area contributed by atoms with Crippen molar-refractivity contribution in [1.82, 2.24) is 9.55 Å². The summed E-state index contributed by atoms with van der Waals surface area (Å²) in [4.78, 5) is 4.22. The van der Waals surface area contributed by atoms with Crippen molar-refractivity contribution in [3.63, 3.8) is 0 Å². The van der Waals surface area contributed by atoms with Gasteiger partial charge in [0.05, 0.1) is 11.6 Å². The Hall–Kier alpha value is -1.36. The van der Waals surface area contributed by atoms with Crippen molar-refractivity contribution in [1.29, 1.82) is 0 Å². The van der Waals surface area contributed by atoms with Crippen LogP contribution in [0.25, 0.3) is 0 Å². The molecule has 0 amide bonds. The smallest absolute Gasteiger partial charge is 0.160 e. The Balaban J connectivity index is 1.71. The highest BCUT2D eigenvalue weighted by Gasteiger charge is 2.13. The van der Waals surface area contributed by atoms with Gasteiger partial charge >= 0.3 is 0 Å². The standard InChI is InChI=1S/C19H23Cl3N2O2/c1-15-23-10-12-24(15)11-4-2-3-5-13-26-19-16(21)7-8-17(18(19)22)25-14-6-9-20/h6-10,12H,2-5,11,13-14H2,1H3/b9-6+. The molecule has 1 heterocycles. The van der Waals surface area contributed by atoms with E-state index in [4.69, 9.17) is 44.3 Å². The molecule has 0 fully saturated rings. The van der Waals surface area contributed by atoms with Gasteiger partial charge in [0, 0.05) is 24.5 Å². The number of aryl methyl sites for hydroxylation is 2. The van der Waals surface area contributed by atoms with Crippen molar-refractivity contribution in [2.24, 2.45) is 0 Å². The van der Waals surface area contributed by atoms with Crippen LogP contribution in [0.5, 0.6) is 11.5 Å². The molecule has 0 bridgehead atoms. The molecule has 142 valence electrons. The second-order valence-electron chi connectivity index (χ2n) is 5.79. The minimum atomic E-state index is 0.334. The minimum absolute atomic E-state index is 0.334. The van der Waals surface area contributed by atoms with Crippen molar-refractivity contribution in [3.8, 4) is 11.5 Å². The average molecular weight is 418 g/mol. The maximum absolute atomic E-state index is 6.33. The molecular weight excluding hydrogens is 395 g/mol. The van der Waals surface area contributed by atoms with Crippen LogP contribution < -0.4 is 9.47 Å². The second-order valence-corrected chi connectivity index (χ2v) is 6.83. The van der Waals surface area contributed by atoms with E-state index < -0.39 is 0 Å². The SMILES string of the molecule is Cc1nccn1CCCCCCOc1c(Cl)ccc(OC/C=C/Cl)c1Cl. The third-order valence-corrected chi connectivity index (χ3v) is 4.73. The van der Waals surface area contributed by atoms with Crippen LogP contribution in [0, 0.1) is 6.92 Å². The average Bonchev–Trinajstić information content (AvgIpc) is 3.03. The molecule has 0 N–H and O–H groups in total. The summed E-state index contributed by atoms with van der Waals surface area (Å²) in [5.74, 6) is 2.05. The van der Waals surface area contributed by atoms with Gasteiger partial charge in [-0.3, -0.25) is 0 Å². The molecule has 0 aliphatic carbocycles. The van der Waals surface area contributed by atoms with Crippen molar-refractivity contribution in [2.75, 3.05) is 13.2 Å². The first-order valence-corrected chi connectivity index (χ1v) is 9.79. The Morgan fingerprint density at radius 2 is 1.92 bits per heavy atom. The number of rotatable bonds is 11. The number of imidazole rings is 1. The number of hydrogen-bond donors (Lipinski definition) is 0. The van der Waals surface area contributed by atoms with Crippen molar-refractivity contribution < 1.29 is 9.47 Å². The third kappa shape index (κ3) is 6.42. The van der Waals surface area contributed by atoms with Gasteiger partial charge in [0.25, 0.3) is 0 Å². The summed E-state index contributed by atoms with van der Waals surface area (Å²) < 4.78 is 13.5. The zero-order valence-corrected chi connectivity index (χ0v) is 17.0. The Bertz CT molecular complexity index is 717. The predicted molar refractivity (Wildman–Crippen MR) is 108 cm³/mol. The highest BCUT2D eigenvalue weighted by molar-refractivity contribution is 6.38. The maximum Gasteiger partial charge on any atom is 0.160 e. The number of benzene rings is 1. The van der Waals surface area contributed by atoms with Crippen LogP contribution in [0.3, 0.4) is 0 Å². The van der Waals surface area contributed by atoms with E-state index in [9.17, 15) is 0 Å². The third-order valence-electron chi connectivity index (χ3n) is 3.90. The molecule has 0 aliphatic heterocycles. The van der Waals surface area contributed by atoms with Gasteiger partial charge in [0.2, 0.25) is 0 Å². The molecule has 0 aliphatic rings. The Morgan fingerprint density at radius 3 is 2.65 bits per heavy atom. The monoisotopic (exact) mass is 416 g/mol. The van der Waals surface area contributed by atoms with E-state index in [0.717, 1.165) is 38.1 Å². The molecule has 0 saturated heterocycles. The van der Waals surface area contributed by atoms with Crippen LogP contribution in [0.4, 0.5) is 0 Å². The van der Waals surface area contributed by atoms with Crippen molar-refractivity contribution >= 4 is 34.8 Å². The van der Waals surface area contributed by atoms with Gasteiger partial charge in [-0.15, -0.1) is 0 Å². The lowest BCUT2D eigenvalue weighted by Gasteiger charge is -2.13. The zero-order valence-electron chi connectivity index (χ0n) is 14.8. The van der Waals surface area contributed by atoms with Crippen LogP contribution in [0.15, 0.2) is 36.1 Å². The predicted octanol–water partition coefficient (Wildman–Crippen LogP) is 6.27. The van der Waals surface area contributed by atoms with E-state index in [1.54, 1.807) is 18.2 Å². The van der Waals surface area contributed by atoms with E-state index in [-0.39, 0.29) is 0 Å².